The van der Waals surface area contributed by atoms with Gasteiger partial charge in [-0.05, 0) is 13.7 Å². The summed E-state index contributed by atoms with van der Waals surface area (Å²) in [6.07, 6.45) is 0. The zero-order valence-corrected chi connectivity index (χ0v) is 4.61. The average molecular weight is 148 g/mol. The Morgan fingerprint density at radius 3 is 2.50 bits per heavy atom. The molecule has 0 bridgehead atoms. The lowest BCUT2D eigenvalue weighted by molar-refractivity contribution is 0.216. The van der Waals surface area contributed by atoms with Crippen LogP contribution in [-0.4, -0.2) is 18.0 Å². The quantitative estimate of drug-likeness (QED) is 0.610. The van der Waals surface area contributed by atoms with Crippen LogP contribution in [0.3, 0.4) is 0 Å². The Kier molecular flexibility index (Phi) is 1.01. The van der Waals surface area contributed by atoms with Crippen LogP contribution in [0.1, 0.15) is 27.4 Å². The van der Waals surface area contributed by atoms with Crippen LogP contribution in [0.4, 0.5) is 0 Å². The maximum Gasteiger partial charge on any atom is 0.329 e. The number of hydrogen-bond acceptors (Lipinski definition) is 3. The molecule has 4 heteroatoms. The highest BCUT2D eigenvalue weighted by Crippen LogP contribution is 2.31. The lowest BCUT2D eigenvalue weighted by atomic mass is 10.9. The minimum Gasteiger partial charge on any atom is -0.328 e. The largest absolute Gasteiger partial charge is 0.329 e. The Hall–Kier alpha value is 0.310. The van der Waals surface area contributed by atoms with Gasteiger partial charge in [-0.15, -0.1) is 0 Å². The van der Waals surface area contributed by atoms with E-state index in [4.69, 9.17) is 18.6 Å². The third-order valence-corrected chi connectivity index (χ3v) is 0.742. The summed E-state index contributed by atoms with van der Waals surface area (Å²) in [7, 11) is -3.36. The van der Waals surface area contributed by atoms with Crippen molar-refractivity contribution in [2.24, 2.45) is 0 Å². The number of rotatable bonds is 4. The zero-order chi connectivity index (χ0) is 15.0. The van der Waals surface area contributed by atoms with Gasteiger partial charge in [0.2, 0.25) is 0 Å². The summed E-state index contributed by atoms with van der Waals surface area (Å²) in [4.78, 5) is 9.09. The smallest absolute Gasteiger partial charge is 0.328 e. The fraction of sp³-hybridized carbons (Fsp3) is 1.00. The van der Waals surface area contributed by atoms with Crippen LogP contribution in [0, 0.1) is 0 Å². The van der Waals surface area contributed by atoms with Crippen molar-refractivity contribution < 1.29 is 27.6 Å². The minimum absolute atomic E-state index is 3.24. The molecule has 0 saturated heterocycles. The predicted molar refractivity (Wildman–Crippen MR) is 32.4 cm³/mol. The molecule has 0 aromatic carbocycles. The summed E-state index contributed by atoms with van der Waals surface area (Å²) in [5.74, 6) is 0. The Labute approximate surface area is 64.7 Å². The minimum atomic E-state index is -3.36. The van der Waals surface area contributed by atoms with Crippen LogP contribution in [0.15, 0.2) is 0 Å². The Morgan fingerprint density at radius 2 is 2.12 bits per heavy atom. The lowest BCUT2D eigenvalue weighted by Crippen LogP contribution is -1.87. The Bertz CT molecular complexity index is 256. The van der Waals surface area contributed by atoms with E-state index in [2.05, 4.69) is 9.05 Å². The molecule has 3 nitrogen and oxygen atoms in total. The molecule has 1 N–H and O–H groups in total. The van der Waals surface area contributed by atoms with E-state index in [1.165, 1.54) is 0 Å². The maximum absolute atomic E-state index is 9.09. The van der Waals surface area contributed by atoms with Gasteiger partial charge in [-0.1, -0.05) is 0 Å². The Morgan fingerprint density at radius 1 is 1.62 bits per heavy atom. The van der Waals surface area contributed by atoms with E-state index in [-0.39, 0.29) is 0 Å². The summed E-state index contributed by atoms with van der Waals surface area (Å²) in [5.41, 5.74) is 0. The van der Waals surface area contributed by atoms with Crippen molar-refractivity contribution in [3.05, 3.63) is 0 Å². The molecule has 0 aliphatic rings. The van der Waals surface area contributed by atoms with Crippen LogP contribution in [0.5, 0.6) is 0 Å². The predicted octanol–water partition coefficient (Wildman–Crippen LogP) is 1.28. The molecule has 0 heterocycles. The highest BCUT2D eigenvalue weighted by atomic mass is 31.2. The fourth-order valence-corrected chi connectivity index (χ4v) is 0.290. The van der Waals surface area contributed by atoms with Gasteiger partial charge in [0.25, 0.3) is 0 Å². The molecule has 0 rings (SSSR count). The van der Waals surface area contributed by atoms with Crippen molar-refractivity contribution >= 4 is 8.60 Å². The van der Waals surface area contributed by atoms with E-state index in [1.54, 1.807) is 0 Å². The average Bonchev–Trinajstić information content (AvgIpc) is 1.95. The van der Waals surface area contributed by atoms with Crippen molar-refractivity contribution in [2.75, 3.05) is 13.1 Å². The van der Waals surface area contributed by atoms with Crippen molar-refractivity contribution in [3.63, 3.8) is 0 Å². The summed E-state index contributed by atoms with van der Waals surface area (Å²) in [6.45, 7) is -13.1. The standard InChI is InChI=1S/C4H11O3P/c1-3-6-8(5)7-4-2/h5H,3-4H2,1-2H3/i1D3,2D3,3D2,4D2. The van der Waals surface area contributed by atoms with E-state index in [0.717, 1.165) is 0 Å². The van der Waals surface area contributed by atoms with Crippen molar-refractivity contribution in [2.45, 2.75) is 13.7 Å². The first-order chi connectivity index (χ1) is 7.60. The fourth-order valence-electron chi connectivity index (χ4n) is 0.0967. The van der Waals surface area contributed by atoms with Gasteiger partial charge in [-0.25, -0.2) is 0 Å². The maximum atomic E-state index is 9.09. The third kappa shape index (κ3) is 4.47. The molecule has 0 fully saturated rings. The van der Waals surface area contributed by atoms with Crippen LogP contribution in [0.25, 0.3) is 0 Å². The van der Waals surface area contributed by atoms with Gasteiger partial charge < -0.3 is 13.9 Å². The van der Waals surface area contributed by atoms with Gasteiger partial charge in [0.15, 0.2) is 0 Å². The van der Waals surface area contributed by atoms with Crippen LogP contribution in [0.2, 0.25) is 0 Å². The molecule has 0 aliphatic heterocycles. The van der Waals surface area contributed by atoms with Crippen molar-refractivity contribution in [1.29, 1.82) is 0 Å². The molecule has 8 heavy (non-hydrogen) atoms. The van der Waals surface area contributed by atoms with Gasteiger partial charge in [0.05, 0.1) is 18.6 Å². The van der Waals surface area contributed by atoms with E-state index < -0.39 is 35.4 Å². The molecule has 0 amide bonds. The van der Waals surface area contributed by atoms with Gasteiger partial charge in [0, 0.05) is 8.22 Å². The van der Waals surface area contributed by atoms with Gasteiger partial charge >= 0.3 is 8.60 Å². The summed E-state index contributed by atoms with van der Waals surface area (Å²) in [5, 5.41) is 0. The second kappa shape index (κ2) is 5.45. The second-order valence-corrected chi connectivity index (χ2v) is 1.47. The summed E-state index contributed by atoms with van der Waals surface area (Å²) < 4.78 is 76.4. The molecule has 0 unspecified atom stereocenters. The monoisotopic (exact) mass is 148 g/mol. The molecule has 0 aromatic heterocycles. The second-order valence-electron chi connectivity index (χ2n) is 0.625. The summed E-state index contributed by atoms with van der Waals surface area (Å²) >= 11 is 0. The molecule has 0 aromatic rings. The SMILES string of the molecule is [2H]C([2H])([2H])C([2H])([2H])OP(O)OC([2H])([2H])C([2H])([2H])[2H]. The zero-order valence-electron chi connectivity index (χ0n) is 13.7. The molecular weight excluding hydrogens is 127 g/mol. The van der Waals surface area contributed by atoms with Gasteiger partial charge in [0.1, 0.15) is 0 Å². The molecular formula is C4H11O3P. The molecule has 50 valence electrons. The molecule has 0 radical (unpaired) electrons. The topological polar surface area (TPSA) is 38.7 Å². The van der Waals surface area contributed by atoms with E-state index in [9.17, 15) is 0 Å². The van der Waals surface area contributed by atoms with Crippen LogP contribution >= 0.6 is 8.60 Å². The Balaban J connectivity index is 4.69. The first-order valence-electron chi connectivity index (χ1n) is 6.47. The van der Waals surface area contributed by atoms with Gasteiger partial charge in [-0.3, -0.25) is 0 Å². The van der Waals surface area contributed by atoms with Crippen LogP contribution < -0.4 is 0 Å². The molecule has 0 spiro atoms. The van der Waals surface area contributed by atoms with E-state index in [0.29, 0.717) is 0 Å². The summed E-state index contributed by atoms with van der Waals surface area (Å²) in [6, 6.07) is 0. The van der Waals surface area contributed by atoms with Crippen molar-refractivity contribution in [3.8, 4) is 0 Å². The normalized spacial score (nSPS) is 35.8. The molecule has 0 saturated carbocycles. The van der Waals surface area contributed by atoms with Gasteiger partial charge in [-0.2, -0.15) is 0 Å². The van der Waals surface area contributed by atoms with Crippen molar-refractivity contribution in [1.82, 2.24) is 0 Å². The molecule has 0 atom stereocenters. The molecule has 0 aliphatic carbocycles. The third-order valence-electron chi connectivity index (χ3n) is 0.247. The first kappa shape index (κ1) is 1.48. The lowest BCUT2D eigenvalue weighted by Gasteiger charge is -2.05. The van der Waals surface area contributed by atoms with E-state index in [1.807, 2.05) is 0 Å². The highest BCUT2D eigenvalue weighted by Gasteiger charge is 2.00. The number of hydrogen-bond donors (Lipinski definition) is 1. The van der Waals surface area contributed by atoms with Crippen LogP contribution in [-0.2, 0) is 9.05 Å². The highest BCUT2D eigenvalue weighted by molar-refractivity contribution is 7.40. The van der Waals surface area contributed by atoms with E-state index >= 15 is 0 Å². The first-order valence-corrected chi connectivity index (χ1v) is 2.60.